The maximum absolute atomic E-state index is 4.33. The van der Waals surface area contributed by atoms with Crippen LogP contribution in [0.2, 0.25) is 0 Å². The summed E-state index contributed by atoms with van der Waals surface area (Å²) in [5.41, 5.74) is 1.01. The first-order valence-corrected chi connectivity index (χ1v) is 4.70. The SMILES string of the molecule is C1=CC(C=NCc2ccccn2)C=C1. The van der Waals surface area contributed by atoms with E-state index in [4.69, 9.17) is 0 Å². The van der Waals surface area contributed by atoms with E-state index in [1.165, 1.54) is 0 Å². The molecule has 1 aliphatic carbocycles. The van der Waals surface area contributed by atoms with Gasteiger partial charge in [0.2, 0.25) is 0 Å². The highest BCUT2D eigenvalue weighted by molar-refractivity contribution is 5.67. The number of pyridine rings is 1. The number of nitrogens with zero attached hydrogens (tertiary/aromatic N) is 2. The Balaban J connectivity index is 1.88. The molecule has 0 saturated heterocycles. The molecule has 0 fully saturated rings. The van der Waals surface area contributed by atoms with E-state index < -0.39 is 0 Å². The van der Waals surface area contributed by atoms with Crippen molar-refractivity contribution in [3.63, 3.8) is 0 Å². The van der Waals surface area contributed by atoms with Gasteiger partial charge >= 0.3 is 0 Å². The van der Waals surface area contributed by atoms with Crippen LogP contribution >= 0.6 is 0 Å². The minimum absolute atomic E-state index is 0.374. The summed E-state index contributed by atoms with van der Waals surface area (Å²) in [7, 11) is 0. The maximum Gasteiger partial charge on any atom is 0.0808 e. The van der Waals surface area contributed by atoms with E-state index in [-0.39, 0.29) is 0 Å². The predicted octanol–water partition coefficient (Wildman–Crippen LogP) is 2.39. The van der Waals surface area contributed by atoms with Crippen LogP contribution in [0.5, 0.6) is 0 Å². The summed E-state index contributed by atoms with van der Waals surface area (Å²) in [6.07, 6.45) is 12.0. The van der Waals surface area contributed by atoms with Crippen LogP contribution < -0.4 is 0 Å². The molecule has 1 aromatic rings. The number of hydrogen-bond acceptors (Lipinski definition) is 2. The molecule has 0 atom stereocenters. The molecule has 0 aliphatic heterocycles. The van der Waals surface area contributed by atoms with E-state index in [0.29, 0.717) is 12.5 Å². The molecule has 0 amide bonds. The summed E-state index contributed by atoms with van der Waals surface area (Å²) in [4.78, 5) is 8.53. The molecule has 0 saturated carbocycles. The third-order valence-electron chi connectivity index (χ3n) is 2.03. The van der Waals surface area contributed by atoms with Crippen molar-refractivity contribution in [1.29, 1.82) is 0 Å². The Labute approximate surface area is 83.7 Å². The fourth-order valence-electron chi connectivity index (χ4n) is 1.31. The number of rotatable bonds is 3. The molecule has 2 rings (SSSR count). The van der Waals surface area contributed by atoms with E-state index in [0.717, 1.165) is 5.69 Å². The smallest absolute Gasteiger partial charge is 0.0808 e. The molecule has 0 aromatic carbocycles. The van der Waals surface area contributed by atoms with Crippen LogP contribution in [0.3, 0.4) is 0 Å². The molecular weight excluding hydrogens is 172 g/mol. The van der Waals surface area contributed by atoms with Crippen LogP contribution in [0, 0.1) is 5.92 Å². The second-order valence-corrected chi connectivity index (χ2v) is 3.16. The summed E-state index contributed by atoms with van der Waals surface area (Å²) < 4.78 is 0. The molecule has 14 heavy (non-hydrogen) atoms. The quantitative estimate of drug-likeness (QED) is 0.662. The van der Waals surface area contributed by atoms with Crippen molar-refractivity contribution in [2.24, 2.45) is 10.9 Å². The zero-order valence-corrected chi connectivity index (χ0v) is 7.88. The van der Waals surface area contributed by atoms with Crippen LogP contribution in [-0.2, 0) is 6.54 Å². The first-order valence-electron chi connectivity index (χ1n) is 4.70. The number of aromatic nitrogens is 1. The van der Waals surface area contributed by atoms with Gasteiger partial charge in [0.15, 0.2) is 0 Å². The summed E-state index contributed by atoms with van der Waals surface area (Å²) >= 11 is 0. The van der Waals surface area contributed by atoms with E-state index in [1.54, 1.807) is 6.20 Å². The Morgan fingerprint density at radius 1 is 1.29 bits per heavy atom. The second-order valence-electron chi connectivity index (χ2n) is 3.16. The second kappa shape index (κ2) is 4.51. The van der Waals surface area contributed by atoms with E-state index in [9.17, 15) is 0 Å². The van der Waals surface area contributed by atoms with Gasteiger partial charge in [0.05, 0.1) is 12.2 Å². The highest BCUT2D eigenvalue weighted by Gasteiger charge is 1.97. The molecule has 2 heteroatoms. The Morgan fingerprint density at radius 3 is 2.86 bits per heavy atom. The number of allylic oxidation sites excluding steroid dienone is 4. The summed E-state index contributed by atoms with van der Waals surface area (Å²) in [5.74, 6) is 0.374. The molecule has 0 spiro atoms. The van der Waals surface area contributed by atoms with Gasteiger partial charge in [-0.1, -0.05) is 30.4 Å². The number of hydrogen-bond donors (Lipinski definition) is 0. The standard InChI is InChI=1S/C12H12N2/c1-2-6-11(5-1)9-13-10-12-7-3-4-8-14-12/h1-9,11H,10H2. The highest BCUT2D eigenvalue weighted by atomic mass is 14.8. The Hall–Kier alpha value is -1.70. The molecule has 1 aromatic heterocycles. The van der Waals surface area contributed by atoms with Gasteiger partial charge in [0.1, 0.15) is 0 Å². The molecule has 2 nitrogen and oxygen atoms in total. The van der Waals surface area contributed by atoms with Crippen molar-refractivity contribution in [1.82, 2.24) is 4.98 Å². The van der Waals surface area contributed by atoms with Gasteiger partial charge in [-0.2, -0.15) is 0 Å². The lowest BCUT2D eigenvalue weighted by Gasteiger charge is -1.96. The largest absolute Gasteiger partial charge is 0.290 e. The first kappa shape index (κ1) is 8.88. The lowest BCUT2D eigenvalue weighted by atomic mass is 10.2. The number of aliphatic imine (C=N–C) groups is 1. The fourth-order valence-corrected chi connectivity index (χ4v) is 1.31. The molecular formula is C12H12N2. The van der Waals surface area contributed by atoms with Crippen LogP contribution in [0.15, 0.2) is 53.7 Å². The Morgan fingerprint density at radius 2 is 2.14 bits per heavy atom. The van der Waals surface area contributed by atoms with Crippen molar-refractivity contribution in [3.8, 4) is 0 Å². The maximum atomic E-state index is 4.33. The van der Waals surface area contributed by atoms with Gasteiger partial charge in [0.25, 0.3) is 0 Å². The van der Waals surface area contributed by atoms with Gasteiger partial charge in [-0.05, 0) is 12.1 Å². The summed E-state index contributed by atoms with van der Waals surface area (Å²) in [5, 5.41) is 0. The molecule has 0 unspecified atom stereocenters. The summed E-state index contributed by atoms with van der Waals surface area (Å²) in [6, 6.07) is 5.88. The molecule has 1 heterocycles. The zero-order chi connectivity index (χ0) is 9.64. The van der Waals surface area contributed by atoms with Gasteiger partial charge in [-0.3, -0.25) is 9.98 Å². The monoisotopic (exact) mass is 184 g/mol. The first-order chi connectivity index (χ1) is 6.95. The van der Waals surface area contributed by atoms with Crippen LogP contribution in [0.25, 0.3) is 0 Å². The average molecular weight is 184 g/mol. The molecule has 0 radical (unpaired) electrons. The Kier molecular flexibility index (Phi) is 2.86. The minimum Gasteiger partial charge on any atom is -0.290 e. The van der Waals surface area contributed by atoms with Crippen molar-refractivity contribution < 1.29 is 0 Å². The van der Waals surface area contributed by atoms with Crippen LogP contribution in [0.4, 0.5) is 0 Å². The normalized spacial score (nSPS) is 15.7. The molecule has 1 aliphatic rings. The van der Waals surface area contributed by atoms with E-state index in [2.05, 4.69) is 22.1 Å². The van der Waals surface area contributed by atoms with Crippen LogP contribution in [0.1, 0.15) is 5.69 Å². The lowest BCUT2D eigenvalue weighted by Crippen LogP contribution is -1.92. The van der Waals surface area contributed by atoms with E-state index >= 15 is 0 Å². The van der Waals surface area contributed by atoms with Gasteiger partial charge in [0, 0.05) is 18.3 Å². The van der Waals surface area contributed by atoms with Gasteiger partial charge in [-0.25, -0.2) is 0 Å². The van der Waals surface area contributed by atoms with Gasteiger partial charge < -0.3 is 0 Å². The van der Waals surface area contributed by atoms with Crippen molar-refractivity contribution in [2.45, 2.75) is 6.54 Å². The van der Waals surface area contributed by atoms with Crippen LogP contribution in [-0.4, -0.2) is 11.2 Å². The zero-order valence-electron chi connectivity index (χ0n) is 7.88. The topological polar surface area (TPSA) is 25.2 Å². The fraction of sp³-hybridized carbons (Fsp3) is 0.167. The third-order valence-corrected chi connectivity index (χ3v) is 2.03. The third kappa shape index (κ3) is 2.39. The molecule has 70 valence electrons. The predicted molar refractivity (Wildman–Crippen MR) is 58.2 cm³/mol. The average Bonchev–Trinajstić information content (AvgIpc) is 2.72. The Bertz CT molecular complexity index is 351. The highest BCUT2D eigenvalue weighted by Crippen LogP contribution is 2.06. The molecule has 0 bridgehead atoms. The lowest BCUT2D eigenvalue weighted by molar-refractivity contribution is 0.981. The van der Waals surface area contributed by atoms with Crippen molar-refractivity contribution in [3.05, 3.63) is 54.4 Å². The van der Waals surface area contributed by atoms with Gasteiger partial charge in [-0.15, -0.1) is 0 Å². The van der Waals surface area contributed by atoms with Crippen molar-refractivity contribution >= 4 is 6.21 Å². The summed E-state index contributed by atoms with van der Waals surface area (Å²) in [6.45, 7) is 0.666. The van der Waals surface area contributed by atoms with E-state index in [1.807, 2.05) is 36.6 Å². The molecule has 0 N–H and O–H groups in total. The van der Waals surface area contributed by atoms with Crippen molar-refractivity contribution in [2.75, 3.05) is 0 Å². The minimum atomic E-state index is 0.374.